The molecule has 0 radical (unpaired) electrons. The average molecular weight is 290 g/mol. The molecule has 0 atom stereocenters. The van der Waals surface area contributed by atoms with Crippen LogP contribution < -0.4 is 10.2 Å². The molecule has 0 spiro atoms. The van der Waals surface area contributed by atoms with E-state index in [1.165, 1.54) is 5.56 Å². The molecule has 0 unspecified atom stereocenters. The highest BCUT2D eigenvalue weighted by molar-refractivity contribution is 6.62. The zero-order valence-corrected chi connectivity index (χ0v) is 14.3. The third-order valence-corrected chi connectivity index (χ3v) is 4.48. The molecule has 116 valence electrons. The second-order valence-corrected chi connectivity index (χ2v) is 6.97. The summed E-state index contributed by atoms with van der Waals surface area (Å²) in [7, 11) is -0.317. The maximum absolute atomic E-state index is 6.12. The maximum atomic E-state index is 6.12. The molecule has 1 fully saturated rings. The first kappa shape index (κ1) is 16.4. The molecular weight excluding hydrogens is 263 g/mol. The van der Waals surface area contributed by atoms with Gasteiger partial charge in [-0.3, -0.25) is 0 Å². The van der Waals surface area contributed by atoms with Crippen molar-refractivity contribution in [2.24, 2.45) is 0 Å². The summed E-state index contributed by atoms with van der Waals surface area (Å²) >= 11 is 0. The quantitative estimate of drug-likeness (QED) is 0.794. The van der Waals surface area contributed by atoms with Crippen molar-refractivity contribution in [2.45, 2.75) is 65.6 Å². The first-order valence-electron chi connectivity index (χ1n) is 7.80. The van der Waals surface area contributed by atoms with E-state index >= 15 is 0 Å². The molecule has 0 amide bonds. The summed E-state index contributed by atoms with van der Waals surface area (Å²) in [5.41, 5.74) is 1.63. The average Bonchev–Trinajstić information content (AvgIpc) is 2.59. The van der Waals surface area contributed by atoms with Gasteiger partial charge < -0.3 is 14.0 Å². The first-order valence-corrected chi connectivity index (χ1v) is 7.80. The third-order valence-electron chi connectivity index (χ3n) is 4.48. The van der Waals surface area contributed by atoms with E-state index in [2.05, 4.69) is 47.6 Å². The van der Waals surface area contributed by atoms with Crippen molar-refractivity contribution in [2.75, 3.05) is 6.61 Å². The molecule has 0 N–H and O–H groups in total. The summed E-state index contributed by atoms with van der Waals surface area (Å²) < 4.78 is 18.0. The topological polar surface area (TPSA) is 27.7 Å². The van der Waals surface area contributed by atoms with Gasteiger partial charge in [0, 0.05) is 0 Å². The van der Waals surface area contributed by atoms with Gasteiger partial charge in [-0.25, -0.2) is 0 Å². The second-order valence-electron chi connectivity index (χ2n) is 6.97. The molecular formula is C17H27BO3. The first-order chi connectivity index (χ1) is 9.68. The molecule has 1 aliphatic heterocycles. The molecule has 1 aliphatic rings. The van der Waals surface area contributed by atoms with Crippen LogP contribution in [-0.4, -0.2) is 24.9 Å². The fourth-order valence-electron chi connectivity index (χ4n) is 2.43. The standard InChI is InChI=1S/C17H27BO3/c1-8-19-15-10-9-13(11-14(15)12(2)3)18-20-16(4,5)17(6,7)21-18/h9-12H,8H2,1-7H3. The van der Waals surface area contributed by atoms with Crippen LogP contribution in [0.15, 0.2) is 18.2 Å². The Hall–Kier alpha value is -0.995. The Labute approximate surface area is 129 Å². The van der Waals surface area contributed by atoms with E-state index in [1.807, 2.05) is 19.1 Å². The van der Waals surface area contributed by atoms with Gasteiger partial charge in [-0.05, 0) is 57.6 Å². The van der Waals surface area contributed by atoms with Crippen molar-refractivity contribution in [1.82, 2.24) is 0 Å². The molecule has 4 heteroatoms. The number of ether oxygens (including phenoxy) is 1. The molecule has 0 saturated carbocycles. The Morgan fingerprint density at radius 2 is 1.67 bits per heavy atom. The predicted octanol–water partition coefficient (Wildman–Crippen LogP) is 3.51. The minimum absolute atomic E-state index is 0.311. The summed E-state index contributed by atoms with van der Waals surface area (Å²) in [4.78, 5) is 0. The maximum Gasteiger partial charge on any atom is 0.494 e. The highest BCUT2D eigenvalue weighted by atomic mass is 16.7. The van der Waals surface area contributed by atoms with Gasteiger partial charge in [0.15, 0.2) is 0 Å². The van der Waals surface area contributed by atoms with E-state index in [-0.39, 0.29) is 18.3 Å². The Kier molecular flexibility index (Phi) is 4.41. The van der Waals surface area contributed by atoms with Crippen LogP contribution in [0.2, 0.25) is 0 Å². The number of rotatable bonds is 4. The Morgan fingerprint density at radius 1 is 1.10 bits per heavy atom. The van der Waals surface area contributed by atoms with Crippen LogP contribution in [0.5, 0.6) is 5.75 Å². The minimum Gasteiger partial charge on any atom is -0.494 e. The van der Waals surface area contributed by atoms with Crippen molar-refractivity contribution in [1.29, 1.82) is 0 Å². The lowest BCUT2D eigenvalue weighted by Gasteiger charge is -2.32. The van der Waals surface area contributed by atoms with Crippen LogP contribution in [-0.2, 0) is 9.31 Å². The van der Waals surface area contributed by atoms with Crippen molar-refractivity contribution < 1.29 is 14.0 Å². The molecule has 21 heavy (non-hydrogen) atoms. The van der Waals surface area contributed by atoms with E-state index in [0.717, 1.165) is 11.2 Å². The van der Waals surface area contributed by atoms with Crippen LogP contribution in [0.1, 0.15) is 59.9 Å². The van der Waals surface area contributed by atoms with Crippen LogP contribution in [0.4, 0.5) is 0 Å². The molecule has 1 aromatic carbocycles. The molecule has 0 aliphatic carbocycles. The lowest BCUT2D eigenvalue weighted by molar-refractivity contribution is 0.00578. The highest BCUT2D eigenvalue weighted by Crippen LogP contribution is 2.37. The number of hydrogen-bond donors (Lipinski definition) is 0. The molecule has 2 rings (SSSR count). The largest absolute Gasteiger partial charge is 0.494 e. The van der Waals surface area contributed by atoms with Crippen molar-refractivity contribution in [3.63, 3.8) is 0 Å². The lowest BCUT2D eigenvalue weighted by Crippen LogP contribution is -2.41. The van der Waals surface area contributed by atoms with E-state index in [0.29, 0.717) is 12.5 Å². The Bertz CT molecular complexity index is 493. The van der Waals surface area contributed by atoms with Crippen LogP contribution in [0, 0.1) is 0 Å². The third kappa shape index (κ3) is 3.11. The number of benzene rings is 1. The van der Waals surface area contributed by atoms with Crippen molar-refractivity contribution in [3.8, 4) is 5.75 Å². The summed E-state index contributed by atoms with van der Waals surface area (Å²) in [5, 5.41) is 0. The zero-order valence-electron chi connectivity index (χ0n) is 14.3. The summed E-state index contributed by atoms with van der Waals surface area (Å²) in [6.45, 7) is 15.3. The van der Waals surface area contributed by atoms with E-state index in [1.54, 1.807) is 0 Å². The SMILES string of the molecule is CCOc1ccc(B2OC(C)(C)C(C)(C)O2)cc1C(C)C. The summed E-state index contributed by atoms with van der Waals surface area (Å²) in [6, 6.07) is 6.22. The van der Waals surface area contributed by atoms with Gasteiger partial charge in [0.05, 0.1) is 17.8 Å². The highest BCUT2D eigenvalue weighted by Gasteiger charge is 2.51. The molecule has 1 saturated heterocycles. The van der Waals surface area contributed by atoms with Crippen LogP contribution in [0.3, 0.4) is 0 Å². The second kappa shape index (κ2) is 5.66. The normalized spacial score (nSPS) is 20.1. The van der Waals surface area contributed by atoms with E-state index in [4.69, 9.17) is 14.0 Å². The van der Waals surface area contributed by atoms with Crippen LogP contribution >= 0.6 is 0 Å². The molecule has 1 aromatic rings. The monoisotopic (exact) mass is 290 g/mol. The molecule has 0 bridgehead atoms. The van der Waals surface area contributed by atoms with Gasteiger partial charge in [-0.15, -0.1) is 0 Å². The van der Waals surface area contributed by atoms with E-state index in [9.17, 15) is 0 Å². The van der Waals surface area contributed by atoms with Crippen molar-refractivity contribution in [3.05, 3.63) is 23.8 Å². The van der Waals surface area contributed by atoms with Gasteiger partial charge >= 0.3 is 7.12 Å². The van der Waals surface area contributed by atoms with Crippen LogP contribution in [0.25, 0.3) is 0 Å². The molecule has 0 aromatic heterocycles. The summed E-state index contributed by atoms with van der Waals surface area (Å²) in [6.07, 6.45) is 0. The predicted molar refractivity (Wildman–Crippen MR) is 87.4 cm³/mol. The van der Waals surface area contributed by atoms with Crippen molar-refractivity contribution >= 4 is 12.6 Å². The van der Waals surface area contributed by atoms with Gasteiger partial charge in [0.2, 0.25) is 0 Å². The molecule has 1 heterocycles. The fourth-order valence-corrected chi connectivity index (χ4v) is 2.43. The summed E-state index contributed by atoms with van der Waals surface area (Å²) in [5.74, 6) is 1.35. The van der Waals surface area contributed by atoms with E-state index < -0.39 is 0 Å². The fraction of sp³-hybridized carbons (Fsp3) is 0.647. The van der Waals surface area contributed by atoms with Gasteiger partial charge in [-0.2, -0.15) is 0 Å². The minimum atomic E-state index is -0.317. The Balaban J connectivity index is 2.32. The van der Waals surface area contributed by atoms with Gasteiger partial charge in [0.25, 0.3) is 0 Å². The Morgan fingerprint density at radius 3 is 2.14 bits per heavy atom. The smallest absolute Gasteiger partial charge is 0.494 e. The number of hydrogen-bond acceptors (Lipinski definition) is 3. The lowest BCUT2D eigenvalue weighted by atomic mass is 9.77. The zero-order chi connectivity index (χ0) is 15.8. The molecule has 3 nitrogen and oxygen atoms in total. The van der Waals surface area contributed by atoms with Gasteiger partial charge in [0.1, 0.15) is 5.75 Å². The van der Waals surface area contributed by atoms with Gasteiger partial charge in [-0.1, -0.05) is 26.0 Å².